The molecule has 1 atom stereocenters. The summed E-state index contributed by atoms with van der Waals surface area (Å²) in [5, 5.41) is 11.9. The fourth-order valence-corrected chi connectivity index (χ4v) is 1.70. The molecule has 90 valence electrons. The smallest absolute Gasteiger partial charge is 0.271 e. The molecule has 4 N–H and O–H groups in total. The van der Waals surface area contributed by atoms with Crippen LogP contribution in [-0.4, -0.2) is 21.5 Å². The molecule has 1 heterocycles. The number of H-pyrrole nitrogens is 1. The number of hydrogen-bond acceptors (Lipinski definition) is 3. The van der Waals surface area contributed by atoms with Crippen LogP contribution in [0.2, 0.25) is 0 Å². The number of aromatic nitrogens is 2. The summed E-state index contributed by atoms with van der Waals surface area (Å²) in [4.78, 5) is 11.8. The third-order valence-electron chi connectivity index (χ3n) is 2.69. The van der Waals surface area contributed by atoms with Gasteiger partial charge in [0, 0.05) is 6.07 Å². The SMILES string of the molecule is Cc1ccccc1-n1[nH]c(C(N)CO)cc1=O. The van der Waals surface area contributed by atoms with Crippen LogP contribution in [0.5, 0.6) is 0 Å². The Bertz CT molecular complexity index is 571. The molecule has 1 aromatic carbocycles. The van der Waals surface area contributed by atoms with Crippen LogP contribution < -0.4 is 11.3 Å². The van der Waals surface area contributed by atoms with E-state index in [0.717, 1.165) is 11.3 Å². The van der Waals surface area contributed by atoms with E-state index < -0.39 is 6.04 Å². The highest BCUT2D eigenvalue weighted by Crippen LogP contribution is 2.12. The number of aryl methyl sites for hydroxylation is 1. The number of nitrogens with two attached hydrogens (primary N) is 1. The quantitative estimate of drug-likeness (QED) is 0.720. The molecule has 1 unspecified atom stereocenters. The van der Waals surface area contributed by atoms with Gasteiger partial charge in [0.15, 0.2) is 0 Å². The largest absolute Gasteiger partial charge is 0.394 e. The fourth-order valence-electron chi connectivity index (χ4n) is 1.70. The molecule has 17 heavy (non-hydrogen) atoms. The van der Waals surface area contributed by atoms with E-state index in [4.69, 9.17) is 10.8 Å². The molecule has 0 fully saturated rings. The van der Waals surface area contributed by atoms with E-state index in [-0.39, 0.29) is 12.2 Å². The Kier molecular flexibility index (Phi) is 3.12. The number of nitrogens with zero attached hydrogens (tertiary/aromatic N) is 1. The Morgan fingerprint density at radius 1 is 1.47 bits per heavy atom. The molecule has 0 saturated heterocycles. The van der Waals surface area contributed by atoms with Gasteiger partial charge in [0.25, 0.3) is 5.56 Å². The van der Waals surface area contributed by atoms with Gasteiger partial charge in [-0.1, -0.05) is 18.2 Å². The van der Waals surface area contributed by atoms with Crippen molar-refractivity contribution in [2.75, 3.05) is 6.61 Å². The summed E-state index contributed by atoms with van der Waals surface area (Å²) in [6, 6.07) is 8.39. The average molecular weight is 233 g/mol. The molecule has 0 aliphatic carbocycles. The number of aromatic amines is 1. The second-order valence-corrected chi connectivity index (χ2v) is 3.96. The highest BCUT2D eigenvalue weighted by molar-refractivity contribution is 5.39. The van der Waals surface area contributed by atoms with Crippen molar-refractivity contribution in [3.05, 3.63) is 51.9 Å². The van der Waals surface area contributed by atoms with Crippen molar-refractivity contribution < 1.29 is 5.11 Å². The molecule has 5 nitrogen and oxygen atoms in total. The summed E-state index contributed by atoms with van der Waals surface area (Å²) in [5.74, 6) is 0. The van der Waals surface area contributed by atoms with Gasteiger partial charge in [-0.2, -0.15) is 0 Å². The number of benzene rings is 1. The van der Waals surface area contributed by atoms with Crippen LogP contribution in [0.1, 0.15) is 17.3 Å². The molecule has 2 rings (SSSR count). The van der Waals surface area contributed by atoms with Gasteiger partial charge in [0.05, 0.1) is 24.0 Å². The lowest BCUT2D eigenvalue weighted by Crippen LogP contribution is -2.16. The lowest BCUT2D eigenvalue weighted by Gasteiger charge is -2.07. The number of nitrogens with one attached hydrogen (secondary N) is 1. The third kappa shape index (κ3) is 2.15. The first-order valence-corrected chi connectivity index (χ1v) is 5.38. The van der Waals surface area contributed by atoms with Crippen molar-refractivity contribution >= 4 is 0 Å². The van der Waals surface area contributed by atoms with Crippen LogP contribution in [0, 0.1) is 6.92 Å². The maximum absolute atomic E-state index is 11.8. The number of hydrogen-bond donors (Lipinski definition) is 3. The fraction of sp³-hybridized carbons (Fsp3) is 0.250. The predicted molar refractivity (Wildman–Crippen MR) is 65.1 cm³/mol. The second-order valence-electron chi connectivity index (χ2n) is 3.96. The Morgan fingerprint density at radius 3 is 2.82 bits per heavy atom. The maximum atomic E-state index is 11.8. The molecule has 0 spiro atoms. The van der Waals surface area contributed by atoms with Gasteiger partial charge in [-0.05, 0) is 18.6 Å². The average Bonchev–Trinajstić information content (AvgIpc) is 2.71. The second kappa shape index (κ2) is 4.57. The molecule has 2 aromatic rings. The van der Waals surface area contributed by atoms with Crippen LogP contribution in [0.4, 0.5) is 0 Å². The van der Waals surface area contributed by atoms with Crippen molar-refractivity contribution in [1.82, 2.24) is 9.78 Å². The normalized spacial score (nSPS) is 12.6. The summed E-state index contributed by atoms with van der Waals surface area (Å²) in [6.45, 7) is 1.72. The summed E-state index contributed by atoms with van der Waals surface area (Å²) in [5.41, 5.74) is 7.78. The van der Waals surface area contributed by atoms with Gasteiger partial charge < -0.3 is 10.8 Å². The van der Waals surface area contributed by atoms with E-state index in [1.807, 2.05) is 31.2 Å². The first-order chi connectivity index (χ1) is 8.13. The lowest BCUT2D eigenvalue weighted by atomic mass is 10.2. The van der Waals surface area contributed by atoms with Crippen molar-refractivity contribution in [2.45, 2.75) is 13.0 Å². The van der Waals surface area contributed by atoms with E-state index >= 15 is 0 Å². The summed E-state index contributed by atoms with van der Waals surface area (Å²) < 4.78 is 1.43. The van der Waals surface area contributed by atoms with Gasteiger partial charge in [-0.15, -0.1) is 0 Å². The van der Waals surface area contributed by atoms with Crippen LogP contribution in [0.3, 0.4) is 0 Å². The van der Waals surface area contributed by atoms with Crippen LogP contribution >= 0.6 is 0 Å². The number of aliphatic hydroxyl groups is 1. The highest BCUT2D eigenvalue weighted by atomic mass is 16.3. The Morgan fingerprint density at radius 2 is 2.18 bits per heavy atom. The molecular formula is C12H15N3O2. The minimum Gasteiger partial charge on any atom is -0.394 e. The van der Waals surface area contributed by atoms with Gasteiger partial charge in [-0.25, -0.2) is 4.68 Å². The summed E-state index contributed by atoms with van der Waals surface area (Å²) >= 11 is 0. The maximum Gasteiger partial charge on any atom is 0.271 e. The summed E-state index contributed by atoms with van der Waals surface area (Å²) in [7, 11) is 0. The molecule has 1 aromatic heterocycles. The number of para-hydroxylation sites is 1. The molecule has 0 aliphatic rings. The minimum absolute atomic E-state index is 0.182. The van der Waals surface area contributed by atoms with E-state index in [9.17, 15) is 4.79 Å². The zero-order chi connectivity index (χ0) is 12.4. The van der Waals surface area contributed by atoms with Crippen molar-refractivity contribution in [2.24, 2.45) is 5.73 Å². The standard InChI is InChI=1S/C12H15N3O2/c1-8-4-2-3-5-11(8)15-12(17)6-10(14-15)9(13)7-16/h2-6,9,14,16H,7,13H2,1H3. The molecule has 5 heteroatoms. The summed E-state index contributed by atoms with van der Waals surface area (Å²) in [6.07, 6.45) is 0. The first-order valence-electron chi connectivity index (χ1n) is 5.38. The van der Waals surface area contributed by atoms with Crippen LogP contribution in [0.25, 0.3) is 5.69 Å². The van der Waals surface area contributed by atoms with E-state index in [0.29, 0.717) is 5.69 Å². The lowest BCUT2D eigenvalue weighted by molar-refractivity contribution is 0.265. The van der Waals surface area contributed by atoms with Crippen LogP contribution in [-0.2, 0) is 0 Å². The monoisotopic (exact) mass is 233 g/mol. The topological polar surface area (TPSA) is 84.0 Å². The molecule has 0 bridgehead atoms. The minimum atomic E-state index is -0.562. The van der Waals surface area contributed by atoms with E-state index in [2.05, 4.69) is 5.10 Å². The van der Waals surface area contributed by atoms with Crippen molar-refractivity contribution in [1.29, 1.82) is 0 Å². The van der Waals surface area contributed by atoms with E-state index in [1.54, 1.807) is 0 Å². The van der Waals surface area contributed by atoms with Crippen molar-refractivity contribution in [3.8, 4) is 5.69 Å². The Balaban J connectivity index is 2.51. The zero-order valence-electron chi connectivity index (χ0n) is 9.55. The third-order valence-corrected chi connectivity index (χ3v) is 2.69. The molecule has 0 amide bonds. The molecular weight excluding hydrogens is 218 g/mol. The first kappa shape index (κ1) is 11.6. The molecule has 0 aliphatic heterocycles. The molecule has 0 saturated carbocycles. The number of aliphatic hydroxyl groups excluding tert-OH is 1. The van der Waals surface area contributed by atoms with Gasteiger partial charge in [0.2, 0.25) is 0 Å². The predicted octanol–water partition coefficient (Wildman–Crippen LogP) is 0.466. The van der Waals surface area contributed by atoms with Crippen molar-refractivity contribution in [3.63, 3.8) is 0 Å². The zero-order valence-corrected chi connectivity index (χ0v) is 9.55. The Hall–Kier alpha value is -1.85. The Labute approximate surface area is 98.5 Å². The van der Waals surface area contributed by atoms with E-state index in [1.165, 1.54) is 10.7 Å². The molecule has 0 radical (unpaired) electrons. The van der Waals surface area contributed by atoms with Crippen LogP contribution in [0.15, 0.2) is 35.1 Å². The van der Waals surface area contributed by atoms with Gasteiger partial charge >= 0.3 is 0 Å². The number of rotatable bonds is 3. The highest BCUT2D eigenvalue weighted by Gasteiger charge is 2.11. The van der Waals surface area contributed by atoms with Gasteiger partial charge in [0.1, 0.15) is 0 Å². The van der Waals surface area contributed by atoms with Gasteiger partial charge in [-0.3, -0.25) is 9.89 Å².